The Labute approximate surface area is 109 Å². The Hall–Kier alpha value is -0.730. The van der Waals surface area contributed by atoms with Crippen LogP contribution in [0.1, 0.15) is 25.0 Å². The number of nitrogens with one attached hydrogen (secondary N) is 1. The summed E-state index contributed by atoms with van der Waals surface area (Å²) in [7, 11) is 3.70. The summed E-state index contributed by atoms with van der Waals surface area (Å²) in [6.07, 6.45) is 0.928. The van der Waals surface area contributed by atoms with E-state index in [2.05, 4.69) is 19.2 Å². The van der Waals surface area contributed by atoms with Crippen molar-refractivity contribution >= 4 is 11.6 Å². The lowest BCUT2D eigenvalue weighted by molar-refractivity contribution is 0.391. The molecule has 0 aromatic heterocycles. The maximum absolute atomic E-state index is 6.17. The normalized spacial score (nSPS) is 12.9. The van der Waals surface area contributed by atoms with Crippen molar-refractivity contribution in [1.82, 2.24) is 5.32 Å². The van der Waals surface area contributed by atoms with Gasteiger partial charge in [0.15, 0.2) is 0 Å². The molecule has 1 rings (SSSR count). The van der Waals surface area contributed by atoms with E-state index >= 15 is 0 Å². The highest BCUT2D eigenvalue weighted by Gasteiger charge is 2.15. The highest BCUT2D eigenvalue weighted by Crippen LogP contribution is 2.28. The zero-order valence-corrected chi connectivity index (χ0v) is 12.1. The minimum Gasteiger partial charge on any atom is -0.496 e. The van der Waals surface area contributed by atoms with Crippen molar-refractivity contribution in [2.45, 2.75) is 33.2 Å². The molecule has 2 nitrogen and oxygen atoms in total. The van der Waals surface area contributed by atoms with Crippen molar-refractivity contribution in [1.29, 1.82) is 0 Å². The summed E-state index contributed by atoms with van der Waals surface area (Å²) in [5.74, 6) is 1.50. The maximum atomic E-state index is 6.17. The minimum atomic E-state index is 0.433. The van der Waals surface area contributed by atoms with Gasteiger partial charge in [0.05, 0.1) is 7.11 Å². The van der Waals surface area contributed by atoms with Crippen molar-refractivity contribution in [3.05, 3.63) is 28.3 Å². The van der Waals surface area contributed by atoms with Crippen LogP contribution in [0.3, 0.4) is 0 Å². The molecule has 3 heteroatoms. The molecular formula is C14H22ClNO. The fourth-order valence-electron chi connectivity index (χ4n) is 1.95. The highest BCUT2D eigenvalue weighted by atomic mass is 35.5. The van der Waals surface area contributed by atoms with Gasteiger partial charge in [0.2, 0.25) is 0 Å². The zero-order valence-electron chi connectivity index (χ0n) is 11.3. The van der Waals surface area contributed by atoms with Gasteiger partial charge in [-0.3, -0.25) is 0 Å². The predicted octanol–water partition coefficient (Wildman–Crippen LogP) is 3.44. The van der Waals surface area contributed by atoms with Gasteiger partial charge in [0.25, 0.3) is 0 Å². The van der Waals surface area contributed by atoms with E-state index < -0.39 is 0 Å². The van der Waals surface area contributed by atoms with E-state index in [1.807, 2.05) is 26.1 Å². The number of hydrogen-bond acceptors (Lipinski definition) is 2. The van der Waals surface area contributed by atoms with E-state index in [0.29, 0.717) is 12.0 Å². The molecule has 0 amide bonds. The molecule has 1 aromatic rings. The van der Waals surface area contributed by atoms with Gasteiger partial charge in [-0.05, 0) is 49.6 Å². The summed E-state index contributed by atoms with van der Waals surface area (Å²) >= 11 is 6.17. The molecule has 0 aliphatic carbocycles. The Morgan fingerprint density at radius 3 is 2.47 bits per heavy atom. The fourth-order valence-corrected chi connectivity index (χ4v) is 2.14. The molecule has 17 heavy (non-hydrogen) atoms. The zero-order chi connectivity index (χ0) is 13.0. The van der Waals surface area contributed by atoms with Crippen LogP contribution in [0.15, 0.2) is 12.1 Å². The van der Waals surface area contributed by atoms with Crippen LogP contribution in [0, 0.1) is 12.8 Å². The second kappa shape index (κ2) is 6.27. The molecule has 0 aliphatic rings. The SMILES string of the molecule is CNC(Cc1cc(Cl)c(C)cc1OC)C(C)C. The topological polar surface area (TPSA) is 21.3 Å². The first-order valence-electron chi connectivity index (χ1n) is 5.99. The molecule has 1 atom stereocenters. The smallest absolute Gasteiger partial charge is 0.122 e. The quantitative estimate of drug-likeness (QED) is 0.870. The van der Waals surface area contributed by atoms with Gasteiger partial charge < -0.3 is 10.1 Å². The molecule has 1 aromatic carbocycles. The van der Waals surface area contributed by atoms with Gasteiger partial charge in [-0.25, -0.2) is 0 Å². The Morgan fingerprint density at radius 1 is 1.35 bits per heavy atom. The number of aryl methyl sites for hydroxylation is 1. The van der Waals surface area contributed by atoms with Crippen molar-refractivity contribution in [3.63, 3.8) is 0 Å². The van der Waals surface area contributed by atoms with E-state index in [9.17, 15) is 0 Å². The molecule has 0 saturated carbocycles. The van der Waals surface area contributed by atoms with Crippen LogP contribution in [0.5, 0.6) is 5.75 Å². The van der Waals surface area contributed by atoms with Crippen LogP contribution < -0.4 is 10.1 Å². The fraction of sp³-hybridized carbons (Fsp3) is 0.571. The van der Waals surface area contributed by atoms with Gasteiger partial charge in [-0.1, -0.05) is 25.4 Å². The van der Waals surface area contributed by atoms with Gasteiger partial charge in [0, 0.05) is 11.1 Å². The largest absolute Gasteiger partial charge is 0.496 e. The third kappa shape index (κ3) is 3.62. The van der Waals surface area contributed by atoms with Crippen LogP contribution in [0.2, 0.25) is 5.02 Å². The molecule has 0 heterocycles. The molecule has 0 aliphatic heterocycles. The van der Waals surface area contributed by atoms with Gasteiger partial charge >= 0.3 is 0 Å². The first-order valence-corrected chi connectivity index (χ1v) is 6.37. The second-order valence-electron chi connectivity index (χ2n) is 4.76. The van der Waals surface area contributed by atoms with Crippen LogP contribution in [0.4, 0.5) is 0 Å². The molecule has 0 saturated heterocycles. The van der Waals surface area contributed by atoms with E-state index in [-0.39, 0.29) is 0 Å². The lowest BCUT2D eigenvalue weighted by Gasteiger charge is -2.21. The summed E-state index contributed by atoms with van der Waals surface area (Å²) in [5.41, 5.74) is 2.22. The molecule has 1 unspecified atom stereocenters. The highest BCUT2D eigenvalue weighted by molar-refractivity contribution is 6.31. The van der Waals surface area contributed by atoms with Crippen LogP contribution in [0.25, 0.3) is 0 Å². The number of rotatable bonds is 5. The monoisotopic (exact) mass is 255 g/mol. The maximum Gasteiger partial charge on any atom is 0.122 e. The molecule has 0 fully saturated rings. The summed E-state index contributed by atoms with van der Waals surface area (Å²) in [5, 5.41) is 4.14. The standard InChI is InChI=1S/C14H22ClNO/c1-9(2)13(16-4)8-11-7-12(15)10(3)6-14(11)17-5/h6-7,9,13,16H,8H2,1-5H3. The molecule has 96 valence electrons. The predicted molar refractivity (Wildman–Crippen MR) is 74.1 cm³/mol. The number of likely N-dealkylation sites (N-methyl/N-ethyl adjacent to an activating group) is 1. The third-order valence-electron chi connectivity index (χ3n) is 3.18. The number of hydrogen-bond donors (Lipinski definition) is 1. The number of benzene rings is 1. The van der Waals surface area contributed by atoms with Crippen molar-refractivity contribution in [2.75, 3.05) is 14.2 Å². The van der Waals surface area contributed by atoms with Crippen LogP contribution in [-0.4, -0.2) is 20.2 Å². The van der Waals surface area contributed by atoms with E-state index in [0.717, 1.165) is 28.3 Å². The minimum absolute atomic E-state index is 0.433. The molecule has 0 radical (unpaired) electrons. The Bertz CT molecular complexity index is 377. The second-order valence-corrected chi connectivity index (χ2v) is 5.16. The van der Waals surface area contributed by atoms with Crippen LogP contribution in [-0.2, 0) is 6.42 Å². The molecular weight excluding hydrogens is 234 g/mol. The first kappa shape index (κ1) is 14.3. The summed E-state index contributed by atoms with van der Waals surface area (Å²) in [6, 6.07) is 4.45. The average Bonchev–Trinajstić information content (AvgIpc) is 2.29. The Kier molecular flexibility index (Phi) is 5.29. The lowest BCUT2D eigenvalue weighted by Crippen LogP contribution is -2.32. The van der Waals surface area contributed by atoms with Gasteiger partial charge in [-0.15, -0.1) is 0 Å². The summed E-state index contributed by atoms with van der Waals surface area (Å²) < 4.78 is 5.42. The third-order valence-corrected chi connectivity index (χ3v) is 3.58. The first-order chi connectivity index (χ1) is 7.99. The summed E-state index contributed by atoms with van der Waals surface area (Å²) in [6.45, 7) is 6.42. The molecule has 0 bridgehead atoms. The summed E-state index contributed by atoms with van der Waals surface area (Å²) in [4.78, 5) is 0. The van der Waals surface area contributed by atoms with Crippen molar-refractivity contribution in [2.24, 2.45) is 5.92 Å². The van der Waals surface area contributed by atoms with E-state index in [1.165, 1.54) is 0 Å². The Morgan fingerprint density at radius 2 is 2.00 bits per heavy atom. The van der Waals surface area contributed by atoms with Crippen molar-refractivity contribution in [3.8, 4) is 5.75 Å². The lowest BCUT2D eigenvalue weighted by atomic mass is 9.95. The molecule has 0 spiro atoms. The number of methoxy groups -OCH3 is 1. The van der Waals surface area contributed by atoms with Crippen LogP contribution >= 0.6 is 11.6 Å². The number of ether oxygens (including phenoxy) is 1. The average molecular weight is 256 g/mol. The van der Waals surface area contributed by atoms with E-state index in [4.69, 9.17) is 16.3 Å². The van der Waals surface area contributed by atoms with E-state index in [1.54, 1.807) is 7.11 Å². The number of halogens is 1. The Balaban J connectivity index is 3.00. The van der Waals surface area contributed by atoms with Crippen molar-refractivity contribution < 1.29 is 4.74 Å². The van der Waals surface area contributed by atoms with Gasteiger partial charge in [-0.2, -0.15) is 0 Å². The molecule has 1 N–H and O–H groups in total. The van der Waals surface area contributed by atoms with Gasteiger partial charge in [0.1, 0.15) is 5.75 Å².